The number of halogens is 3. The number of likely N-dealkylation sites (N-methyl/N-ethyl adjacent to an activating group) is 1. The average Bonchev–Trinajstić information content (AvgIpc) is 3.02. The highest BCUT2D eigenvalue weighted by Gasteiger charge is 2.49. The number of amides is 3. The van der Waals surface area contributed by atoms with Crippen LogP contribution in [0.15, 0.2) is 83.8 Å². The molecule has 3 aromatic carbocycles. The smallest absolute Gasteiger partial charge is 0.446 e. The van der Waals surface area contributed by atoms with Crippen molar-refractivity contribution in [2.75, 3.05) is 27.2 Å². The van der Waals surface area contributed by atoms with Crippen LogP contribution >= 0.6 is 11.8 Å². The lowest BCUT2D eigenvalue weighted by Crippen LogP contribution is -2.74. The number of aromatic hydroxyl groups is 1. The van der Waals surface area contributed by atoms with Gasteiger partial charge in [0.15, 0.2) is 0 Å². The molecule has 0 bridgehead atoms. The summed E-state index contributed by atoms with van der Waals surface area (Å²) in [6, 6.07) is 21.5. The van der Waals surface area contributed by atoms with E-state index in [0.717, 1.165) is 6.54 Å². The van der Waals surface area contributed by atoms with Gasteiger partial charge in [-0.2, -0.15) is 13.2 Å². The number of carbonyl (C=O) groups is 3. The van der Waals surface area contributed by atoms with Crippen LogP contribution in [0, 0.1) is 0 Å². The van der Waals surface area contributed by atoms with E-state index in [0.29, 0.717) is 17.5 Å². The molecule has 46 heavy (non-hydrogen) atoms. The van der Waals surface area contributed by atoms with Gasteiger partial charge in [-0.15, -0.1) is 0 Å². The van der Waals surface area contributed by atoms with Crippen molar-refractivity contribution in [2.24, 2.45) is 0 Å². The summed E-state index contributed by atoms with van der Waals surface area (Å²) in [6.45, 7) is 4.70. The van der Waals surface area contributed by atoms with Crippen molar-refractivity contribution in [1.29, 1.82) is 0 Å². The average molecular weight is 660 g/mol. The van der Waals surface area contributed by atoms with Crippen LogP contribution < -0.4 is 5.32 Å². The number of carbonyl (C=O) groups excluding carboxylic acids is 3. The number of rotatable bonds is 8. The lowest BCUT2D eigenvalue weighted by atomic mass is 9.98. The monoisotopic (exact) mass is 659 g/mol. The fraction of sp³-hybridized carbons (Fsp3) is 0.364. The van der Waals surface area contributed by atoms with E-state index >= 15 is 0 Å². The molecule has 2 aliphatic heterocycles. The summed E-state index contributed by atoms with van der Waals surface area (Å²) in [6.07, 6.45) is -0.114. The molecule has 248 valence electrons. The van der Waals surface area contributed by atoms with Gasteiger partial charge in [0.05, 0.1) is 13.1 Å². The maximum Gasteiger partial charge on any atom is 0.446 e. The number of fused-ring (bicyclic) bond motifs is 1. The predicted octanol–water partition coefficient (Wildman–Crippen LogP) is 4.86. The maximum absolute atomic E-state index is 13.6. The number of nitrogens with one attached hydrogen (secondary N) is 1. The van der Waals surface area contributed by atoms with Crippen LogP contribution in [0.2, 0.25) is 0 Å². The Morgan fingerprint density at radius 1 is 0.957 bits per heavy atom. The SMILES string of the molecule is CC.CN1CC(=O)N2C(CN(Cc3ccccc3SC(F)(F)F)C(=O)[C@@H]2Cc2ccc(O)cc2)N1C=O.CNCc1ccccc1. The fourth-order valence-corrected chi connectivity index (χ4v) is 5.91. The number of hydrazine groups is 1. The number of piperazine rings is 1. The van der Waals surface area contributed by atoms with Gasteiger partial charge in [0.2, 0.25) is 18.2 Å². The van der Waals surface area contributed by atoms with Crippen LogP contribution in [0.25, 0.3) is 0 Å². The van der Waals surface area contributed by atoms with Gasteiger partial charge in [0.1, 0.15) is 18.0 Å². The van der Waals surface area contributed by atoms with Crippen LogP contribution in [0.1, 0.15) is 30.5 Å². The first-order valence-corrected chi connectivity index (χ1v) is 15.7. The largest absolute Gasteiger partial charge is 0.508 e. The van der Waals surface area contributed by atoms with E-state index in [1.165, 1.54) is 55.7 Å². The Kier molecular flexibility index (Phi) is 13.5. The molecule has 0 radical (unpaired) electrons. The Morgan fingerprint density at radius 3 is 2.20 bits per heavy atom. The Morgan fingerprint density at radius 2 is 1.59 bits per heavy atom. The van der Waals surface area contributed by atoms with Crippen LogP contribution in [0.5, 0.6) is 5.75 Å². The molecule has 2 aliphatic rings. The third kappa shape index (κ3) is 9.71. The van der Waals surface area contributed by atoms with E-state index in [9.17, 15) is 32.7 Å². The molecular formula is C33H40F3N5O4S. The van der Waals surface area contributed by atoms with Crippen LogP contribution in [-0.4, -0.2) is 88.0 Å². The zero-order valence-corrected chi connectivity index (χ0v) is 27.1. The molecule has 2 N–H and O–H groups in total. The number of nitrogens with zero attached hydrogens (tertiary/aromatic N) is 4. The molecule has 0 saturated carbocycles. The zero-order valence-electron chi connectivity index (χ0n) is 26.3. The molecular weight excluding hydrogens is 619 g/mol. The molecule has 5 rings (SSSR count). The third-order valence-electron chi connectivity index (χ3n) is 7.25. The van der Waals surface area contributed by atoms with Gasteiger partial charge < -0.3 is 20.2 Å². The molecule has 2 saturated heterocycles. The van der Waals surface area contributed by atoms with Crippen LogP contribution in [0.4, 0.5) is 13.2 Å². The highest BCUT2D eigenvalue weighted by atomic mass is 32.2. The van der Waals surface area contributed by atoms with Crippen LogP contribution in [0.3, 0.4) is 0 Å². The highest BCUT2D eigenvalue weighted by Crippen LogP contribution is 2.39. The number of hydrogen-bond acceptors (Lipinski definition) is 7. The lowest BCUT2D eigenvalue weighted by Gasteiger charge is -2.53. The van der Waals surface area contributed by atoms with Crippen molar-refractivity contribution in [3.63, 3.8) is 0 Å². The van der Waals surface area contributed by atoms with Gasteiger partial charge in [-0.05, 0) is 53.7 Å². The van der Waals surface area contributed by atoms with Gasteiger partial charge in [-0.3, -0.25) is 19.4 Å². The fourth-order valence-electron chi connectivity index (χ4n) is 5.25. The van der Waals surface area contributed by atoms with E-state index in [2.05, 4.69) is 17.4 Å². The predicted molar refractivity (Wildman–Crippen MR) is 171 cm³/mol. The summed E-state index contributed by atoms with van der Waals surface area (Å²) >= 11 is -0.250. The van der Waals surface area contributed by atoms with E-state index in [1.54, 1.807) is 25.2 Å². The van der Waals surface area contributed by atoms with Gasteiger partial charge in [0, 0.05) is 31.5 Å². The second kappa shape index (κ2) is 17.0. The summed E-state index contributed by atoms with van der Waals surface area (Å²) in [5.41, 5.74) is -2.17. The van der Waals surface area contributed by atoms with E-state index in [1.807, 2.05) is 39.1 Å². The molecule has 2 atom stereocenters. The molecule has 2 heterocycles. The van der Waals surface area contributed by atoms with Crippen molar-refractivity contribution < 1.29 is 32.7 Å². The summed E-state index contributed by atoms with van der Waals surface area (Å²) in [5.74, 6) is -0.713. The minimum Gasteiger partial charge on any atom is -0.508 e. The molecule has 9 nitrogen and oxygen atoms in total. The number of alkyl halides is 3. The molecule has 0 aliphatic carbocycles. The van der Waals surface area contributed by atoms with Crippen LogP contribution in [-0.2, 0) is 33.9 Å². The molecule has 1 unspecified atom stereocenters. The second-order valence-corrected chi connectivity index (χ2v) is 11.5. The summed E-state index contributed by atoms with van der Waals surface area (Å²) < 4.78 is 39.2. The van der Waals surface area contributed by atoms with Gasteiger partial charge in [-0.25, -0.2) is 5.01 Å². The van der Waals surface area contributed by atoms with Gasteiger partial charge >= 0.3 is 5.51 Å². The number of thioether (sulfide) groups is 1. The normalized spacial score (nSPS) is 18.2. The lowest BCUT2D eigenvalue weighted by molar-refractivity contribution is -0.196. The Bertz CT molecular complexity index is 1430. The third-order valence-corrected chi connectivity index (χ3v) is 8.10. The standard InChI is InChI=1S/C23H23F3N4O4S.C8H11N.C2H6/c1-27-13-21(33)30-18(10-15-6-8-17(32)9-7-15)22(34)28(12-20(30)29(27)14-31)11-16-4-2-3-5-19(16)35-23(24,25)26;1-9-7-8-5-3-2-4-6-8;1-2/h2-9,14,18,20,32H,10-13H2,1H3;2-6,9H,7H2,1H3;1-2H3/t18-,20?;;/m0../s1. The van der Waals surface area contributed by atoms with Gasteiger partial charge in [-0.1, -0.05) is 74.5 Å². The topological polar surface area (TPSA) is 96.4 Å². The number of phenolic OH excluding ortho intramolecular Hbond substituents is 1. The van der Waals surface area contributed by atoms with E-state index < -0.39 is 23.6 Å². The van der Waals surface area contributed by atoms with Crippen molar-refractivity contribution >= 4 is 30.0 Å². The first-order chi connectivity index (χ1) is 22.0. The maximum atomic E-state index is 13.6. The van der Waals surface area contributed by atoms with Crippen molar-refractivity contribution in [1.82, 2.24) is 25.1 Å². The number of hydrogen-bond donors (Lipinski definition) is 2. The van der Waals surface area contributed by atoms with E-state index in [4.69, 9.17) is 0 Å². The summed E-state index contributed by atoms with van der Waals surface area (Å²) in [4.78, 5) is 41.2. The van der Waals surface area contributed by atoms with Crippen molar-refractivity contribution in [3.05, 3.63) is 95.6 Å². The number of phenols is 1. The summed E-state index contributed by atoms with van der Waals surface area (Å²) in [5, 5.41) is 15.4. The minimum atomic E-state index is -4.49. The van der Waals surface area contributed by atoms with Crippen molar-refractivity contribution in [2.45, 2.75) is 56.0 Å². The molecule has 0 spiro atoms. The molecule has 3 amide bonds. The Hall–Kier alpha value is -4.07. The molecule has 0 aromatic heterocycles. The van der Waals surface area contributed by atoms with Crippen molar-refractivity contribution in [3.8, 4) is 5.75 Å². The van der Waals surface area contributed by atoms with E-state index in [-0.39, 0.29) is 54.4 Å². The highest BCUT2D eigenvalue weighted by molar-refractivity contribution is 8.00. The first-order valence-electron chi connectivity index (χ1n) is 14.9. The molecule has 2 fully saturated rings. The molecule has 13 heteroatoms. The Labute approximate surface area is 271 Å². The quantitative estimate of drug-likeness (QED) is 0.264. The minimum absolute atomic E-state index is 0.0191. The first kappa shape index (κ1) is 36.4. The second-order valence-electron chi connectivity index (χ2n) is 10.4. The molecule has 3 aromatic rings. The summed E-state index contributed by atoms with van der Waals surface area (Å²) in [7, 11) is 3.53. The van der Waals surface area contributed by atoms with Gasteiger partial charge in [0.25, 0.3) is 0 Å². The number of benzene rings is 3. The Balaban J connectivity index is 0.000000446. The zero-order chi connectivity index (χ0) is 33.9.